The zero-order valence-corrected chi connectivity index (χ0v) is 18.3. The summed E-state index contributed by atoms with van der Waals surface area (Å²) in [5.41, 5.74) is 2.70. The average molecular weight is 455 g/mol. The SMILES string of the molecule is Cc1ccc(NC(=O)N(Cc2ccc(OS(=O)(=O)c3ccc(F)cc3)cc2)C2CC2)cc1. The molecule has 3 aromatic carbocycles. The standard InChI is InChI=1S/C24H23FN2O4S/c1-17-2-8-20(9-3-17)26-24(28)27(21-10-11-21)16-18-4-12-22(13-5-18)31-32(29,30)23-14-6-19(25)7-15-23/h2-9,12-15,21H,10-11,16H2,1H3,(H,26,28). The molecule has 1 N–H and O–H groups in total. The van der Waals surface area contributed by atoms with Crippen molar-refractivity contribution in [3.8, 4) is 5.75 Å². The van der Waals surface area contributed by atoms with Crippen LogP contribution in [-0.4, -0.2) is 25.4 Å². The van der Waals surface area contributed by atoms with Gasteiger partial charge in [-0.25, -0.2) is 9.18 Å². The molecule has 0 bridgehead atoms. The van der Waals surface area contributed by atoms with Crippen molar-refractivity contribution in [2.24, 2.45) is 0 Å². The number of benzene rings is 3. The molecule has 3 aromatic rings. The van der Waals surface area contributed by atoms with Crippen LogP contribution in [0.1, 0.15) is 24.0 Å². The van der Waals surface area contributed by atoms with E-state index in [9.17, 15) is 17.6 Å². The van der Waals surface area contributed by atoms with Crippen molar-refractivity contribution in [3.05, 3.63) is 89.7 Å². The lowest BCUT2D eigenvalue weighted by Crippen LogP contribution is -2.36. The number of hydrogen-bond acceptors (Lipinski definition) is 4. The van der Waals surface area contributed by atoms with Gasteiger partial charge in [0.2, 0.25) is 0 Å². The summed E-state index contributed by atoms with van der Waals surface area (Å²) in [5, 5.41) is 2.93. The number of nitrogens with zero attached hydrogens (tertiary/aromatic N) is 1. The zero-order valence-electron chi connectivity index (χ0n) is 17.5. The van der Waals surface area contributed by atoms with Crippen molar-refractivity contribution < 1.29 is 21.8 Å². The molecule has 0 spiro atoms. The Morgan fingerprint density at radius 2 is 1.62 bits per heavy atom. The van der Waals surface area contributed by atoms with Crippen LogP contribution < -0.4 is 9.50 Å². The second-order valence-electron chi connectivity index (χ2n) is 7.79. The first-order valence-electron chi connectivity index (χ1n) is 10.2. The lowest BCUT2D eigenvalue weighted by Gasteiger charge is -2.23. The van der Waals surface area contributed by atoms with Crippen LogP contribution in [-0.2, 0) is 16.7 Å². The second kappa shape index (κ2) is 9.00. The van der Waals surface area contributed by atoms with E-state index < -0.39 is 15.9 Å². The number of urea groups is 1. The highest BCUT2D eigenvalue weighted by Crippen LogP contribution is 2.29. The molecule has 0 aromatic heterocycles. The van der Waals surface area contributed by atoms with Gasteiger partial charge >= 0.3 is 16.1 Å². The van der Waals surface area contributed by atoms with Gasteiger partial charge in [0.05, 0.1) is 0 Å². The molecule has 2 amide bonds. The second-order valence-corrected chi connectivity index (χ2v) is 9.34. The van der Waals surface area contributed by atoms with Crippen LogP contribution in [0.2, 0.25) is 0 Å². The number of carbonyl (C=O) groups excluding carboxylic acids is 1. The van der Waals surface area contributed by atoms with E-state index in [1.54, 1.807) is 29.2 Å². The van der Waals surface area contributed by atoms with Gasteiger partial charge in [0.15, 0.2) is 0 Å². The summed E-state index contributed by atoms with van der Waals surface area (Å²) in [6.45, 7) is 2.38. The van der Waals surface area contributed by atoms with E-state index in [1.807, 2.05) is 31.2 Å². The Bertz CT molecular complexity index is 1190. The number of halogens is 1. The minimum Gasteiger partial charge on any atom is -0.379 e. The molecule has 0 unspecified atom stereocenters. The third-order valence-corrected chi connectivity index (χ3v) is 6.40. The molecule has 0 saturated heterocycles. The molecule has 1 aliphatic carbocycles. The monoisotopic (exact) mass is 454 g/mol. The Morgan fingerprint density at radius 3 is 2.22 bits per heavy atom. The number of carbonyl (C=O) groups is 1. The van der Waals surface area contributed by atoms with Crippen LogP contribution in [0.3, 0.4) is 0 Å². The summed E-state index contributed by atoms with van der Waals surface area (Å²) in [6, 6.07) is 18.6. The molecule has 0 atom stereocenters. The first-order valence-corrected chi connectivity index (χ1v) is 11.6. The normalized spacial score (nSPS) is 13.4. The highest BCUT2D eigenvalue weighted by atomic mass is 32.2. The molecule has 0 aliphatic heterocycles. The van der Waals surface area contributed by atoms with Crippen molar-refractivity contribution in [2.45, 2.75) is 37.2 Å². The number of nitrogens with one attached hydrogen (secondary N) is 1. The van der Waals surface area contributed by atoms with E-state index >= 15 is 0 Å². The van der Waals surface area contributed by atoms with Crippen LogP contribution in [0.5, 0.6) is 5.75 Å². The summed E-state index contributed by atoms with van der Waals surface area (Å²) in [5.74, 6) is -0.389. The first-order chi connectivity index (χ1) is 15.3. The van der Waals surface area contributed by atoms with E-state index in [4.69, 9.17) is 4.18 Å². The number of hydrogen-bond donors (Lipinski definition) is 1. The summed E-state index contributed by atoms with van der Waals surface area (Å²) >= 11 is 0. The fourth-order valence-corrected chi connectivity index (χ4v) is 4.14. The number of aryl methyl sites for hydroxylation is 1. The molecular formula is C24H23FN2O4S. The van der Waals surface area contributed by atoms with E-state index in [-0.39, 0.29) is 22.7 Å². The lowest BCUT2D eigenvalue weighted by atomic mass is 10.2. The third-order valence-electron chi connectivity index (χ3n) is 5.14. The minimum atomic E-state index is -4.06. The van der Waals surface area contributed by atoms with Crippen LogP contribution >= 0.6 is 0 Å². The van der Waals surface area contributed by atoms with Gasteiger partial charge in [-0.05, 0) is 73.9 Å². The molecule has 4 rings (SSSR count). The Kier molecular flexibility index (Phi) is 6.14. The van der Waals surface area contributed by atoms with Crippen LogP contribution in [0.25, 0.3) is 0 Å². The quantitative estimate of drug-likeness (QED) is 0.504. The molecule has 32 heavy (non-hydrogen) atoms. The fraction of sp³-hybridized carbons (Fsp3) is 0.208. The van der Waals surface area contributed by atoms with Gasteiger partial charge in [0, 0.05) is 18.3 Å². The largest absolute Gasteiger partial charge is 0.379 e. The van der Waals surface area contributed by atoms with Gasteiger partial charge in [-0.15, -0.1) is 0 Å². The van der Waals surface area contributed by atoms with Crippen molar-refractivity contribution in [3.63, 3.8) is 0 Å². The van der Waals surface area contributed by atoms with E-state index in [1.165, 1.54) is 0 Å². The Balaban J connectivity index is 1.41. The van der Waals surface area contributed by atoms with Crippen molar-refractivity contribution >= 4 is 21.8 Å². The number of anilines is 1. The molecule has 0 radical (unpaired) electrons. The molecule has 0 heterocycles. The lowest BCUT2D eigenvalue weighted by molar-refractivity contribution is 0.206. The van der Waals surface area contributed by atoms with Crippen molar-refractivity contribution in [1.29, 1.82) is 0 Å². The first kappa shape index (κ1) is 21.8. The van der Waals surface area contributed by atoms with Crippen LogP contribution in [0, 0.1) is 12.7 Å². The van der Waals surface area contributed by atoms with Gasteiger partial charge in [-0.1, -0.05) is 29.8 Å². The highest BCUT2D eigenvalue weighted by Gasteiger charge is 2.32. The highest BCUT2D eigenvalue weighted by molar-refractivity contribution is 7.87. The summed E-state index contributed by atoms with van der Waals surface area (Å²) in [6.07, 6.45) is 1.91. The molecule has 6 nitrogen and oxygen atoms in total. The van der Waals surface area contributed by atoms with Crippen LogP contribution in [0.15, 0.2) is 77.7 Å². The van der Waals surface area contributed by atoms with Gasteiger partial charge in [0.25, 0.3) is 0 Å². The van der Waals surface area contributed by atoms with E-state index in [0.29, 0.717) is 6.54 Å². The van der Waals surface area contributed by atoms with E-state index in [2.05, 4.69) is 5.32 Å². The Hall–Kier alpha value is -3.39. The van der Waals surface area contributed by atoms with Gasteiger partial charge in [-0.3, -0.25) is 0 Å². The molecular weight excluding hydrogens is 431 g/mol. The van der Waals surface area contributed by atoms with Crippen molar-refractivity contribution in [1.82, 2.24) is 4.90 Å². The smallest absolute Gasteiger partial charge is 0.339 e. The Morgan fingerprint density at radius 1 is 1.00 bits per heavy atom. The predicted molar refractivity (Wildman–Crippen MR) is 119 cm³/mol. The van der Waals surface area contributed by atoms with Crippen molar-refractivity contribution in [2.75, 3.05) is 5.32 Å². The predicted octanol–water partition coefficient (Wildman–Crippen LogP) is 5.10. The molecule has 1 saturated carbocycles. The van der Waals surface area contributed by atoms with Crippen LogP contribution in [0.4, 0.5) is 14.9 Å². The number of rotatable bonds is 7. The third kappa shape index (κ3) is 5.45. The molecule has 1 aliphatic rings. The summed E-state index contributed by atoms with van der Waals surface area (Å²) < 4.78 is 42.9. The fourth-order valence-electron chi connectivity index (χ4n) is 3.21. The Labute approximate surface area is 186 Å². The van der Waals surface area contributed by atoms with Gasteiger partial charge < -0.3 is 14.4 Å². The maximum Gasteiger partial charge on any atom is 0.339 e. The zero-order chi connectivity index (χ0) is 22.7. The minimum absolute atomic E-state index is 0.129. The number of amides is 2. The summed E-state index contributed by atoms with van der Waals surface area (Å²) in [4.78, 5) is 14.5. The maximum atomic E-state index is 13.0. The molecule has 166 valence electrons. The average Bonchev–Trinajstić information content (AvgIpc) is 3.60. The van der Waals surface area contributed by atoms with Gasteiger partial charge in [0.1, 0.15) is 16.5 Å². The molecule has 8 heteroatoms. The van der Waals surface area contributed by atoms with E-state index in [0.717, 1.165) is 53.9 Å². The molecule has 1 fully saturated rings. The van der Waals surface area contributed by atoms with Gasteiger partial charge in [-0.2, -0.15) is 8.42 Å². The summed E-state index contributed by atoms with van der Waals surface area (Å²) in [7, 11) is -4.06. The maximum absolute atomic E-state index is 13.0. The topological polar surface area (TPSA) is 75.7 Å².